The maximum absolute atomic E-state index is 17.1. The number of halogens is 6. The molecule has 14 nitrogen and oxygen atoms in total. The van der Waals surface area contributed by atoms with E-state index in [1.165, 1.54) is 24.3 Å². The highest BCUT2D eigenvalue weighted by Crippen LogP contribution is 2.40. The number of nitrogens with one attached hydrogen (secondary N) is 1. The smallest absolute Gasteiger partial charge is 0.406 e. The van der Waals surface area contributed by atoms with Crippen molar-refractivity contribution >= 4 is 60.9 Å². The number of rotatable bonds is 22. The number of alkyl halides is 3. The summed E-state index contributed by atoms with van der Waals surface area (Å²) in [5, 5.41) is 3.04. The zero-order valence-electron chi connectivity index (χ0n) is 46.2. The number of aromatic nitrogens is 2. The molecule has 438 valence electrons. The average molecular weight is 1200 g/mol. The number of aryl methyl sites for hydroxylation is 2. The Bertz CT molecular complexity index is 3750. The Balaban J connectivity index is 0.920. The van der Waals surface area contributed by atoms with Crippen LogP contribution in [0.4, 0.5) is 17.6 Å². The Hall–Kier alpha value is -6.36. The van der Waals surface area contributed by atoms with Crippen LogP contribution in [-0.4, -0.2) is 115 Å². The van der Waals surface area contributed by atoms with Crippen LogP contribution in [0.3, 0.4) is 0 Å². The molecule has 83 heavy (non-hydrogen) atoms. The second kappa shape index (κ2) is 25.9. The lowest BCUT2D eigenvalue weighted by molar-refractivity contribution is -0.274. The highest BCUT2D eigenvalue weighted by Gasteiger charge is 2.32. The summed E-state index contributed by atoms with van der Waals surface area (Å²) in [6, 6.07) is 34.1. The largest absolute Gasteiger partial charge is 0.573 e. The summed E-state index contributed by atoms with van der Waals surface area (Å²) < 4.78 is 93.2. The number of ether oxygens (including phenoxy) is 1. The maximum Gasteiger partial charge on any atom is 0.573 e. The number of nitrogens with zero attached hydrogens (tertiary/aromatic N) is 6. The summed E-state index contributed by atoms with van der Waals surface area (Å²) in [6.45, 7) is 10.6. The van der Waals surface area contributed by atoms with Gasteiger partial charge in [-0.05, 0) is 119 Å². The number of nitrogens with two attached hydrogens (primary N) is 3. The van der Waals surface area contributed by atoms with Gasteiger partial charge in [-0.3, -0.25) is 24.4 Å². The molecule has 2 aromatic heterocycles. The average Bonchev–Trinajstić information content (AvgIpc) is 3.79. The standard InChI is InChI=1S/C62H68Cl2F4N10O4S/c1-83(80,81)72-34-46-31-47(82-62(66,67)68)13-14-48(46)52-39-78(58-15-11-41(29-49(52)58)35-73-21-25-75(26-22-73)37-43-7-2-4-9-54(43)63)20-17-57(70)45-32-51(61(71)79)60(56(65)33-45)53-40-77(19-6-18-69)59-16-12-42(30-50(53)59)36-74-23-27-76(28-24-74)38-44-8-3-5-10-55(44)64/h2-5,7-16,29-33,39-40,57,72H,6,17-28,34-38,69-70H2,1H3,(H2,71,79). The molecule has 0 spiro atoms. The number of benzene rings is 6. The first-order valence-corrected chi connectivity index (χ1v) is 30.4. The van der Waals surface area contributed by atoms with Gasteiger partial charge in [0, 0.05) is 165 Å². The molecule has 6 aromatic carbocycles. The van der Waals surface area contributed by atoms with Crippen molar-refractivity contribution in [3.8, 4) is 28.0 Å². The minimum absolute atomic E-state index is 0.00946. The highest BCUT2D eigenvalue weighted by molar-refractivity contribution is 7.88. The van der Waals surface area contributed by atoms with Gasteiger partial charge in [0.05, 0.1) is 11.8 Å². The van der Waals surface area contributed by atoms with Gasteiger partial charge in [0.25, 0.3) is 0 Å². The third kappa shape index (κ3) is 14.8. The molecule has 10 rings (SSSR count). The topological polar surface area (TPSA) is 173 Å². The molecular weight excluding hydrogens is 1130 g/mol. The first-order chi connectivity index (χ1) is 39.7. The molecule has 4 heterocycles. The van der Waals surface area contributed by atoms with Gasteiger partial charge in [-0.1, -0.05) is 77.8 Å². The number of amides is 1. The van der Waals surface area contributed by atoms with Gasteiger partial charge < -0.3 is 31.1 Å². The van der Waals surface area contributed by atoms with Crippen LogP contribution in [0.2, 0.25) is 10.0 Å². The molecule has 0 radical (unpaired) electrons. The number of primary amides is 1. The van der Waals surface area contributed by atoms with Crippen LogP contribution in [0.5, 0.6) is 5.75 Å². The Morgan fingerprint density at radius 3 is 1.70 bits per heavy atom. The van der Waals surface area contributed by atoms with Crippen LogP contribution in [0.25, 0.3) is 44.1 Å². The van der Waals surface area contributed by atoms with E-state index >= 15 is 4.39 Å². The van der Waals surface area contributed by atoms with E-state index in [1.807, 2.05) is 82.2 Å². The number of fused-ring (bicyclic) bond motifs is 2. The lowest BCUT2D eigenvalue weighted by Gasteiger charge is -2.35. The Labute approximate surface area is 491 Å². The fourth-order valence-corrected chi connectivity index (χ4v) is 12.3. The van der Waals surface area contributed by atoms with E-state index < -0.39 is 39.9 Å². The number of hydrogen-bond acceptors (Lipinski definition) is 10. The van der Waals surface area contributed by atoms with Gasteiger partial charge in [0.15, 0.2) is 0 Å². The van der Waals surface area contributed by atoms with E-state index in [4.69, 9.17) is 40.4 Å². The molecule has 1 unspecified atom stereocenters. The van der Waals surface area contributed by atoms with Crippen LogP contribution in [0.15, 0.2) is 128 Å². The Morgan fingerprint density at radius 2 is 1.18 bits per heavy atom. The van der Waals surface area contributed by atoms with Gasteiger partial charge in [-0.2, -0.15) is 0 Å². The highest BCUT2D eigenvalue weighted by atomic mass is 35.5. The molecular formula is C62H68Cl2F4N10O4S. The van der Waals surface area contributed by atoms with Crippen molar-refractivity contribution in [1.82, 2.24) is 33.5 Å². The summed E-state index contributed by atoms with van der Waals surface area (Å²) in [5.41, 5.74) is 27.2. The normalized spacial score (nSPS) is 15.6. The van der Waals surface area contributed by atoms with Crippen LogP contribution < -0.4 is 26.7 Å². The molecule has 1 amide bonds. The third-order valence-electron chi connectivity index (χ3n) is 15.8. The van der Waals surface area contributed by atoms with Gasteiger partial charge >= 0.3 is 6.36 Å². The van der Waals surface area contributed by atoms with Gasteiger partial charge in [-0.25, -0.2) is 17.5 Å². The van der Waals surface area contributed by atoms with E-state index in [0.717, 1.165) is 126 Å². The van der Waals surface area contributed by atoms with Crippen LogP contribution in [-0.2, 0) is 55.8 Å². The molecule has 0 aliphatic carbocycles. The van der Waals surface area contributed by atoms with E-state index in [2.05, 4.69) is 53.3 Å². The predicted molar refractivity (Wildman–Crippen MR) is 321 cm³/mol. The molecule has 8 aromatic rings. The van der Waals surface area contributed by atoms with E-state index in [-0.39, 0.29) is 29.7 Å². The van der Waals surface area contributed by atoms with Crippen LogP contribution >= 0.6 is 23.2 Å². The van der Waals surface area contributed by atoms with E-state index in [9.17, 15) is 26.4 Å². The molecule has 1 atom stereocenters. The second-order valence-electron chi connectivity index (χ2n) is 21.7. The minimum atomic E-state index is -4.99. The van der Waals surface area contributed by atoms with Crippen molar-refractivity contribution in [2.24, 2.45) is 17.2 Å². The van der Waals surface area contributed by atoms with Crippen molar-refractivity contribution in [2.75, 3.05) is 65.2 Å². The summed E-state index contributed by atoms with van der Waals surface area (Å²) in [5.74, 6) is -1.97. The second-order valence-corrected chi connectivity index (χ2v) is 24.4. The van der Waals surface area contributed by atoms with E-state index in [1.54, 1.807) is 6.07 Å². The maximum atomic E-state index is 17.1. The minimum Gasteiger partial charge on any atom is -0.406 e. The Morgan fingerprint density at radius 1 is 0.663 bits per heavy atom. The van der Waals surface area contributed by atoms with Gasteiger partial charge in [0.1, 0.15) is 11.6 Å². The monoisotopic (exact) mass is 1190 g/mol. The molecule has 2 aliphatic heterocycles. The number of carbonyl (C=O) groups excluding carboxylic acids is 1. The van der Waals surface area contributed by atoms with Crippen molar-refractivity contribution in [3.05, 3.63) is 182 Å². The van der Waals surface area contributed by atoms with Gasteiger partial charge in [0.2, 0.25) is 15.9 Å². The van der Waals surface area contributed by atoms with Crippen molar-refractivity contribution < 1.29 is 35.5 Å². The first kappa shape index (κ1) is 59.8. The summed E-state index contributed by atoms with van der Waals surface area (Å²) >= 11 is 13.0. The number of piperazine rings is 2. The quantitative estimate of drug-likeness (QED) is 0.0479. The zero-order valence-corrected chi connectivity index (χ0v) is 48.5. The fraction of sp³-hybridized carbons (Fsp3) is 0.339. The van der Waals surface area contributed by atoms with Crippen LogP contribution in [0, 0.1) is 5.82 Å². The SMILES string of the molecule is CS(=O)(=O)NCc1cc(OC(F)(F)F)ccc1-c1cn(CCC(N)c2cc(F)c(-c3cn(CCCN)c4ccc(CN5CCN(Cc6ccccc6Cl)CC5)cc34)c(C(N)=O)c2)c2ccc(CN3CCN(Cc4ccccc4Cl)CC3)cc12. The molecule has 2 saturated heterocycles. The van der Waals surface area contributed by atoms with Crippen molar-refractivity contribution in [1.29, 1.82) is 0 Å². The number of carbonyl (C=O) groups is 1. The van der Waals surface area contributed by atoms with Crippen molar-refractivity contribution in [2.45, 2.75) is 71.1 Å². The fourth-order valence-electron chi connectivity index (χ4n) is 11.5. The van der Waals surface area contributed by atoms with E-state index in [0.29, 0.717) is 61.4 Å². The molecule has 0 saturated carbocycles. The summed E-state index contributed by atoms with van der Waals surface area (Å²) in [4.78, 5) is 23.0. The Kier molecular flexibility index (Phi) is 18.6. The van der Waals surface area contributed by atoms with Crippen LogP contribution in [0.1, 0.15) is 62.6 Å². The van der Waals surface area contributed by atoms with Crippen molar-refractivity contribution in [3.63, 3.8) is 0 Å². The number of sulfonamides is 1. The lowest BCUT2D eigenvalue weighted by atomic mass is 9.92. The zero-order chi connectivity index (χ0) is 58.6. The molecule has 7 N–H and O–H groups in total. The molecule has 2 fully saturated rings. The first-order valence-electron chi connectivity index (χ1n) is 27.8. The number of hydrogen-bond donors (Lipinski definition) is 4. The molecule has 2 aliphatic rings. The summed E-state index contributed by atoms with van der Waals surface area (Å²) in [7, 11) is -3.77. The third-order valence-corrected chi connectivity index (χ3v) is 17.2. The molecule has 0 bridgehead atoms. The molecule has 21 heteroatoms. The summed E-state index contributed by atoms with van der Waals surface area (Å²) in [6.07, 6.45) is 0.661. The lowest BCUT2D eigenvalue weighted by Crippen LogP contribution is -2.45. The van der Waals surface area contributed by atoms with Gasteiger partial charge in [-0.15, -0.1) is 13.2 Å². The predicted octanol–water partition coefficient (Wildman–Crippen LogP) is 10.5.